The van der Waals surface area contributed by atoms with Crippen LogP contribution in [0.1, 0.15) is 18.4 Å². The second-order valence-electron chi connectivity index (χ2n) is 4.11. The van der Waals surface area contributed by atoms with Crippen molar-refractivity contribution in [2.45, 2.75) is 20.3 Å². The predicted molar refractivity (Wildman–Crippen MR) is 71.2 cm³/mol. The number of carbonyl (C=O) groups excluding carboxylic acids is 1. The van der Waals surface area contributed by atoms with Crippen LogP contribution < -0.4 is 10.1 Å². The Morgan fingerprint density at radius 2 is 2.11 bits per heavy atom. The Balaban J connectivity index is 1.91. The van der Waals surface area contributed by atoms with E-state index in [1.54, 1.807) is 25.1 Å². The number of nitrogens with zero attached hydrogens (tertiary/aromatic N) is 1. The standard InChI is InChI=1S/C14H16N2O3/c1-3-18-13-6-4-11(5-7-13)15-14(17)9-12-8-10(2)19-16-12/h4-8H,3,9H2,1-2H3,(H,15,17). The van der Waals surface area contributed by atoms with Gasteiger partial charge in [-0.1, -0.05) is 5.16 Å². The van der Waals surface area contributed by atoms with Gasteiger partial charge in [-0.3, -0.25) is 4.79 Å². The lowest BCUT2D eigenvalue weighted by atomic mass is 10.2. The largest absolute Gasteiger partial charge is 0.494 e. The lowest BCUT2D eigenvalue weighted by molar-refractivity contribution is -0.115. The highest BCUT2D eigenvalue weighted by Gasteiger charge is 2.08. The Labute approximate surface area is 111 Å². The highest BCUT2D eigenvalue weighted by atomic mass is 16.5. The number of hydrogen-bond donors (Lipinski definition) is 1. The molecule has 0 saturated heterocycles. The molecular formula is C14H16N2O3. The van der Waals surface area contributed by atoms with Gasteiger partial charge in [0, 0.05) is 11.8 Å². The first-order valence-corrected chi connectivity index (χ1v) is 6.12. The smallest absolute Gasteiger partial charge is 0.230 e. The fourth-order valence-corrected chi connectivity index (χ4v) is 1.67. The Bertz CT molecular complexity index is 546. The number of aryl methyl sites for hydroxylation is 1. The molecule has 0 radical (unpaired) electrons. The van der Waals surface area contributed by atoms with Crippen LogP contribution in [-0.4, -0.2) is 17.7 Å². The van der Waals surface area contributed by atoms with Gasteiger partial charge in [-0.15, -0.1) is 0 Å². The molecule has 19 heavy (non-hydrogen) atoms. The maximum atomic E-state index is 11.8. The number of benzene rings is 1. The summed E-state index contributed by atoms with van der Waals surface area (Å²) in [6.45, 7) is 4.34. The van der Waals surface area contributed by atoms with Gasteiger partial charge in [-0.2, -0.15) is 0 Å². The molecule has 0 bridgehead atoms. The number of carbonyl (C=O) groups is 1. The van der Waals surface area contributed by atoms with Gasteiger partial charge in [-0.05, 0) is 38.1 Å². The van der Waals surface area contributed by atoms with Crippen molar-refractivity contribution in [3.63, 3.8) is 0 Å². The number of hydrogen-bond acceptors (Lipinski definition) is 4. The average molecular weight is 260 g/mol. The minimum absolute atomic E-state index is 0.127. The minimum atomic E-state index is -0.127. The van der Waals surface area contributed by atoms with E-state index >= 15 is 0 Å². The van der Waals surface area contributed by atoms with Crippen LogP contribution in [0.3, 0.4) is 0 Å². The van der Waals surface area contributed by atoms with E-state index in [4.69, 9.17) is 9.26 Å². The normalized spacial score (nSPS) is 10.2. The van der Waals surface area contributed by atoms with Gasteiger partial charge in [0.05, 0.1) is 18.7 Å². The number of rotatable bonds is 5. The van der Waals surface area contributed by atoms with Crippen molar-refractivity contribution < 1.29 is 14.1 Å². The molecule has 0 unspecified atom stereocenters. The summed E-state index contributed by atoms with van der Waals surface area (Å²) >= 11 is 0. The third-order valence-corrected chi connectivity index (χ3v) is 2.47. The maximum absolute atomic E-state index is 11.8. The summed E-state index contributed by atoms with van der Waals surface area (Å²) in [5.74, 6) is 1.36. The summed E-state index contributed by atoms with van der Waals surface area (Å²) in [6, 6.07) is 8.99. The van der Waals surface area contributed by atoms with Crippen LogP contribution in [0.4, 0.5) is 5.69 Å². The molecule has 1 aromatic carbocycles. The zero-order chi connectivity index (χ0) is 13.7. The number of aromatic nitrogens is 1. The zero-order valence-electron chi connectivity index (χ0n) is 11.0. The van der Waals surface area contributed by atoms with E-state index in [9.17, 15) is 4.79 Å². The van der Waals surface area contributed by atoms with Gasteiger partial charge in [0.2, 0.25) is 5.91 Å². The fourth-order valence-electron chi connectivity index (χ4n) is 1.67. The molecule has 100 valence electrons. The summed E-state index contributed by atoms with van der Waals surface area (Å²) in [5, 5.41) is 6.57. The highest BCUT2D eigenvalue weighted by Crippen LogP contribution is 2.15. The van der Waals surface area contributed by atoms with Crippen LogP contribution in [-0.2, 0) is 11.2 Å². The van der Waals surface area contributed by atoms with Crippen molar-refractivity contribution in [3.05, 3.63) is 41.8 Å². The van der Waals surface area contributed by atoms with E-state index in [1.165, 1.54) is 0 Å². The molecular weight excluding hydrogens is 244 g/mol. The number of amides is 1. The van der Waals surface area contributed by atoms with Crippen LogP contribution in [0.25, 0.3) is 0 Å². The molecule has 1 heterocycles. The molecule has 2 rings (SSSR count). The number of anilines is 1. The Morgan fingerprint density at radius 1 is 1.37 bits per heavy atom. The van der Waals surface area contributed by atoms with E-state index in [-0.39, 0.29) is 12.3 Å². The van der Waals surface area contributed by atoms with E-state index in [0.29, 0.717) is 18.1 Å². The van der Waals surface area contributed by atoms with Gasteiger partial charge in [0.15, 0.2) is 0 Å². The quantitative estimate of drug-likeness (QED) is 0.897. The maximum Gasteiger partial charge on any atom is 0.230 e. The Morgan fingerprint density at radius 3 is 2.68 bits per heavy atom. The zero-order valence-corrected chi connectivity index (χ0v) is 11.0. The Hall–Kier alpha value is -2.30. The van der Waals surface area contributed by atoms with Crippen molar-refractivity contribution in [1.82, 2.24) is 5.16 Å². The van der Waals surface area contributed by atoms with Crippen LogP contribution in [0.2, 0.25) is 0 Å². The number of nitrogens with one attached hydrogen (secondary N) is 1. The first-order valence-electron chi connectivity index (χ1n) is 6.12. The molecule has 0 atom stereocenters. The van der Waals surface area contributed by atoms with Crippen molar-refractivity contribution in [1.29, 1.82) is 0 Å². The van der Waals surface area contributed by atoms with Crippen molar-refractivity contribution >= 4 is 11.6 Å². The lowest BCUT2D eigenvalue weighted by Gasteiger charge is -2.06. The molecule has 5 nitrogen and oxygen atoms in total. The van der Waals surface area contributed by atoms with Gasteiger partial charge in [-0.25, -0.2) is 0 Å². The summed E-state index contributed by atoms with van der Waals surface area (Å²) < 4.78 is 10.2. The molecule has 1 aromatic heterocycles. The van der Waals surface area contributed by atoms with Crippen LogP contribution in [0.15, 0.2) is 34.9 Å². The molecule has 0 aliphatic carbocycles. The molecule has 0 saturated carbocycles. The van der Waals surface area contributed by atoms with Crippen LogP contribution in [0, 0.1) is 6.92 Å². The third-order valence-electron chi connectivity index (χ3n) is 2.47. The molecule has 0 aliphatic rings. The van der Waals surface area contributed by atoms with Crippen molar-refractivity contribution in [2.75, 3.05) is 11.9 Å². The first-order chi connectivity index (χ1) is 9.17. The highest BCUT2D eigenvalue weighted by molar-refractivity contribution is 5.92. The Kier molecular flexibility index (Phi) is 4.18. The topological polar surface area (TPSA) is 64.4 Å². The van der Waals surface area contributed by atoms with Gasteiger partial charge in [0.25, 0.3) is 0 Å². The fraction of sp³-hybridized carbons (Fsp3) is 0.286. The van der Waals surface area contributed by atoms with Gasteiger partial charge < -0.3 is 14.6 Å². The third kappa shape index (κ3) is 3.84. The predicted octanol–water partition coefficient (Wildman–Crippen LogP) is 2.56. The summed E-state index contributed by atoms with van der Waals surface area (Å²) in [6.07, 6.45) is 0.199. The van der Waals surface area contributed by atoms with E-state index in [1.807, 2.05) is 19.1 Å². The monoisotopic (exact) mass is 260 g/mol. The van der Waals surface area contributed by atoms with Gasteiger partial charge >= 0.3 is 0 Å². The summed E-state index contributed by atoms with van der Waals surface area (Å²) in [7, 11) is 0. The molecule has 0 spiro atoms. The van der Waals surface area contributed by atoms with E-state index in [0.717, 1.165) is 11.4 Å². The summed E-state index contributed by atoms with van der Waals surface area (Å²) in [4.78, 5) is 11.8. The molecule has 1 N–H and O–H groups in total. The second kappa shape index (κ2) is 6.04. The first kappa shape index (κ1) is 13.1. The molecule has 2 aromatic rings. The van der Waals surface area contributed by atoms with Crippen molar-refractivity contribution in [3.8, 4) is 5.75 Å². The molecule has 0 fully saturated rings. The molecule has 5 heteroatoms. The number of ether oxygens (including phenoxy) is 1. The summed E-state index contributed by atoms with van der Waals surface area (Å²) in [5.41, 5.74) is 1.36. The van der Waals surface area contributed by atoms with Crippen LogP contribution in [0.5, 0.6) is 5.75 Å². The average Bonchev–Trinajstić information content (AvgIpc) is 2.77. The van der Waals surface area contributed by atoms with Gasteiger partial charge in [0.1, 0.15) is 11.5 Å². The molecule has 1 amide bonds. The SMILES string of the molecule is CCOc1ccc(NC(=O)Cc2cc(C)on2)cc1. The van der Waals surface area contributed by atoms with Crippen LogP contribution >= 0.6 is 0 Å². The molecule has 0 aliphatic heterocycles. The second-order valence-corrected chi connectivity index (χ2v) is 4.11. The van der Waals surface area contributed by atoms with E-state index < -0.39 is 0 Å². The lowest BCUT2D eigenvalue weighted by Crippen LogP contribution is -2.14. The van der Waals surface area contributed by atoms with Crippen molar-refractivity contribution in [2.24, 2.45) is 0 Å². The minimum Gasteiger partial charge on any atom is -0.494 e. The van der Waals surface area contributed by atoms with E-state index in [2.05, 4.69) is 10.5 Å².